The average Bonchev–Trinajstić information content (AvgIpc) is 2.89. The Labute approximate surface area is 90.8 Å². The van der Waals surface area contributed by atoms with Crippen molar-refractivity contribution in [3.05, 3.63) is 0 Å². The lowest BCUT2D eigenvalue weighted by atomic mass is 10.2. The number of nitrogens with one attached hydrogen (secondary N) is 2. The smallest absolute Gasteiger partial charge is 0.234 e. The largest absolute Gasteiger partial charge is 0.374 e. The lowest BCUT2D eigenvalue weighted by Crippen LogP contribution is -2.38. The molecule has 2 N–H and O–H groups in total. The highest BCUT2D eigenvalue weighted by Crippen LogP contribution is 2.19. The lowest BCUT2D eigenvalue weighted by Gasteiger charge is -2.11. The summed E-state index contributed by atoms with van der Waals surface area (Å²) in [6.07, 6.45) is 5.23. The van der Waals surface area contributed by atoms with E-state index >= 15 is 0 Å². The molecule has 2 fully saturated rings. The van der Waals surface area contributed by atoms with E-state index in [1.807, 2.05) is 0 Å². The number of rotatable bonds is 5. The first-order valence-electron chi connectivity index (χ1n) is 5.89. The Balaban J connectivity index is 1.52. The summed E-state index contributed by atoms with van der Waals surface area (Å²) in [5.74, 6) is 0.114. The number of hydrogen-bond acceptors (Lipinski definition) is 3. The summed E-state index contributed by atoms with van der Waals surface area (Å²) in [7, 11) is 0. The lowest BCUT2D eigenvalue weighted by molar-refractivity contribution is -0.120. The van der Waals surface area contributed by atoms with E-state index in [9.17, 15) is 4.79 Å². The molecule has 1 amide bonds. The maximum atomic E-state index is 11.3. The molecule has 86 valence electrons. The van der Waals surface area contributed by atoms with Crippen LogP contribution in [0.4, 0.5) is 0 Å². The molecule has 0 aromatic rings. The predicted molar refractivity (Wildman–Crippen MR) is 57.6 cm³/mol. The van der Waals surface area contributed by atoms with Crippen LogP contribution >= 0.6 is 0 Å². The van der Waals surface area contributed by atoms with Gasteiger partial charge < -0.3 is 15.4 Å². The standard InChI is InChI=1S/C11H20N2O2/c1-8-2-5-10(15-8)6-12-7-11(14)13-9-3-4-9/h8-10,12H,2-7H2,1H3,(H,13,14). The third kappa shape index (κ3) is 3.80. The van der Waals surface area contributed by atoms with Gasteiger partial charge in [0, 0.05) is 12.6 Å². The van der Waals surface area contributed by atoms with Crippen LogP contribution in [0.15, 0.2) is 0 Å². The molecule has 0 spiro atoms. The van der Waals surface area contributed by atoms with Crippen LogP contribution < -0.4 is 10.6 Å². The van der Waals surface area contributed by atoms with Crippen molar-refractivity contribution in [3.8, 4) is 0 Å². The summed E-state index contributed by atoms with van der Waals surface area (Å²) in [6, 6.07) is 0.460. The molecule has 4 nitrogen and oxygen atoms in total. The van der Waals surface area contributed by atoms with E-state index in [4.69, 9.17) is 4.74 Å². The number of ether oxygens (including phenoxy) is 1. The monoisotopic (exact) mass is 212 g/mol. The van der Waals surface area contributed by atoms with Crippen molar-refractivity contribution in [2.75, 3.05) is 13.1 Å². The highest BCUT2D eigenvalue weighted by Gasteiger charge is 2.24. The first-order valence-corrected chi connectivity index (χ1v) is 5.89. The maximum absolute atomic E-state index is 11.3. The van der Waals surface area contributed by atoms with Crippen molar-refractivity contribution in [1.82, 2.24) is 10.6 Å². The zero-order chi connectivity index (χ0) is 10.7. The van der Waals surface area contributed by atoms with Gasteiger partial charge in [0.15, 0.2) is 0 Å². The summed E-state index contributed by atoms with van der Waals surface area (Å²) < 4.78 is 5.64. The predicted octanol–water partition coefficient (Wildman–Crippen LogP) is 0.422. The molecule has 0 aromatic carbocycles. The fourth-order valence-electron chi connectivity index (χ4n) is 1.89. The second kappa shape index (κ2) is 4.94. The normalized spacial score (nSPS) is 30.5. The van der Waals surface area contributed by atoms with Gasteiger partial charge in [0.05, 0.1) is 18.8 Å². The zero-order valence-corrected chi connectivity index (χ0v) is 9.29. The molecule has 2 atom stereocenters. The minimum Gasteiger partial charge on any atom is -0.374 e. The van der Waals surface area contributed by atoms with Crippen LogP contribution in [0.3, 0.4) is 0 Å². The molecular formula is C11H20N2O2. The van der Waals surface area contributed by atoms with Crippen molar-refractivity contribution in [1.29, 1.82) is 0 Å². The highest BCUT2D eigenvalue weighted by molar-refractivity contribution is 5.78. The van der Waals surface area contributed by atoms with E-state index in [0.717, 1.165) is 32.2 Å². The number of hydrogen-bond donors (Lipinski definition) is 2. The van der Waals surface area contributed by atoms with E-state index in [2.05, 4.69) is 17.6 Å². The molecule has 0 radical (unpaired) electrons. The molecule has 1 aliphatic carbocycles. The molecule has 1 saturated heterocycles. The Morgan fingerprint density at radius 2 is 2.13 bits per heavy atom. The van der Waals surface area contributed by atoms with Crippen LogP contribution in [0.1, 0.15) is 32.6 Å². The molecule has 1 heterocycles. The van der Waals surface area contributed by atoms with Gasteiger partial charge in [-0.25, -0.2) is 0 Å². The maximum Gasteiger partial charge on any atom is 0.234 e. The molecule has 1 aliphatic heterocycles. The Morgan fingerprint density at radius 3 is 2.73 bits per heavy atom. The Bertz CT molecular complexity index is 229. The van der Waals surface area contributed by atoms with Gasteiger partial charge in [-0.3, -0.25) is 4.79 Å². The van der Waals surface area contributed by atoms with Crippen molar-refractivity contribution >= 4 is 5.91 Å². The molecular weight excluding hydrogens is 192 g/mol. The van der Waals surface area contributed by atoms with Crippen LogP contribution in [-0.2, 0) is 9.53 Å². The van der Waals surface area contributed by atoms with E-state index in [1.165, 1.54) is 0 Å². The van der Waals surface area contributed by atoms with Crippen molar-refractivity contribution in [2.24, 2.45) is 0 Å². The Kier molecular flexibility index (Phi) is 3.59. The summed E-state index contributed by atoms with van der Waals surface area (Å²) in [5.41, 5.74) is 0. The van der Waals surface area contributed by atoms with Gasteiger partial charge in [-0.1, -0.05) is 0 Å². The number of amides is 1. The second-order valence-corrected chi connectivity index (χ2v) is 4.62. The summed E-state index contributed by atoms with van der Waals surface area (Å²) in [6.45, 7) is 3.31. The van der Waals surface area contributed by atoms with E-state index in [-0.39, 0.29) is 5.91 Å². The van der Waals surface area contributed by atoms with Gasteiger partial charge >= 0.3 is 0 Å². The minimum atomic E-state index is 0.114. The van der Waals surface area contributed by atoms with Gasteiger partial charge in [-0.05, 0) is 32.6 Å². The average molecular weight is 212 g/mol. The van der Waals surface area contributed by atoms with Crippen molar-refractivity contribution in [2.45, 2.75) is 50.9 Å². The summed E-state index contributed by atoms with van der Waals surface area (Å²) in [5, 5.41) is 6.09. The van der Waals surface area contributed by atoms with Gasteiger partial charge in [0.2, 0.25) is 5.91 Å². The minimum absolute atomic E-state index is 0.114. The van der Waals surface area contributed by atoms with Crippen molar-refractivity contribution < 1.29 is 9.53 Å². The zero-order valence-electron chi connectivity index (χ0n) is 9.29. The SMILES string of the molecule is CC1CCC(CNCC(=O)NC2CC2)O1. The van der Waals surface area contributed by atoms with Crippen LogP contribution in [0.5, 0.6) is 0 Å². The van der Waals surface area contributed by atoms with E-state index in [1.54, 1.807) is 0 Å². The van der Waals surface area contributed by atoms with Gasteiger partial charge in [0.25, 0.3) is 0 Å². The molecule has 0 aromatic heterocycles. The van der Waals surface area contributed by atoms with Crippen LogP contribution in [0.2, 0.25) is 0 Å². The quantitative estimate of drug-likeness (QED) is 0.694. The third-order valence-electron chi connectivity index (χ3n) is 2.92. The fourth-order valence-corrected chi connectivity index (χ4v) is 1.89. The van der Waals surface area contributed by atoms with E-state index < -0.39 is 0 Å². The van der Waals surface area contributed by atoms with Crippen LogP contribution in [0, 0.1) is 0 Å². The molecule has 2 unspecified atom stereocenters. The first-order chi connectivity index (χ1) is 7.24. The third-order valence-corrected chi connectivity index (χ3v) is 2.92. The molecule has 4 heteroatoms. The molecule has 0 bridgehead atoms. The topological polar surface area (TPSA) is 50.4 Å². The van der Waals surface area contributed by atoms with E-state index in [0.29, 0.717) is 24.8 Å². The van der Waals surface area contributed by atoms with Crippen molar-refractivity contribution in [3.63, 3.8) is 0 Å². The summed E-state index contributed by atoms with van der Waals surface area (Å²) >= 11 is 0. The number of carbonyl (C=O) groups excluding carboxylic acids is 1. The van der Waals surface area contributed by atoms with Gasteiger partial charge in [-0.15, -0.1) is 0 Å². The number of carbonyl (C=O) groups is 1. The highest BCUT2D eigenvalue weighted by atomic mass is 16.5. The molecule has 2 rings (SSSR count). The molecule has 1 saturated carbocycles. The molecule has 15 heavy (non-hydrogen) atoms. The second-order valence-electron chi connectivity index (χ2n) is 4.62. The first kappa shape index (κ1) is 10.9. The van der Waals surface area contributed by atoms with Gasteiger partial charge in [-0.2, -0.15) is 0 Å². The Hall–Kier alpha value is -0.610. The van der Waals surface area contributed by atoms with Gasteiger partial charge in [0.1, 0.15) is 0 Å². The Morgan fingerprint density at radius 1 is 1.33 bits per heavy atom. The fraction of sp³-hybridized carbons (Fsp3) is 0.909. The summed E-state index contributed by atoms with van der Waals surface area (Å²) in [4.78, 5) is 11.3. The van der Waals surface area contributed by atoms with Crippen LogP contribution in [0.25, 0.3) is 0 Å². The molecule has 2 aliphatic rings. The van der Waals surface area contributed by atoms with Crippen LogP contribution in [-0.4, -0.2) is 37.2 Å².